The Morgan fingerprint density at radius 1 is 1.36 bits per heavy atom. The number of halogens is 1. The molecule has 0 heterocycles. The van der Waals surface area contributed by atoms with Gasteiger partial charge in [-0.15, -0.1) is 0 Å². The zero-order chi connectivity index (χ0) is 8.85. The van der Waals surface area contributed by atoms with Gasteiger partial charge in [-0.1, -0.05) is 0 Å². The summed E-state index contributed by atoms with van der Waals surface area (Å²) >= 11 is 0. The lowest BCUT2D eigenvalue weighted by Crippen LogP contribution is -2.31. The molecule has 3 N–H and O–H groups in total. The Balaban J connectivity index is 3.66. The average molecular weight is 165 g/mol. The van der Waals surface area contributed by atoms with E-state index in [9.17, 15) is 9.18 Å². The lowest BCUT2D eigenvalue weighted by Gasteiger charge is -2.14. The molecular formula is C6H11FO4. The Morgan fingerprint density at radius 3 is 2.27 bits per heavy atom. The van der Waals surface area contributed by atoms with Crippen LogP contribution in [0.4, 0.5) is 4.39 Å². The fraction of sp³-hybridized carbons (Fsp3) is 0.833. The van der Waals surface area contributed by atoms with Crippen LogP contribution in [-0.2, 0) is 4.79 Å². The first-order valence-electron chi connectivity index (χ1n) is 3.18. The standard InChI is InChI=1S/C6H11FO4/c7-4(2-8)1-5(10)6(11)3-9/h2,4-6,9-11H,1,3H2/t4-,5+,6-/m1/s1/i7-1. The van der Waals surface area contributed by atoms with Gasteiger partial charge in [-0.05, 0) is 0 Å². The van der Waals surface area contributed by atoms with Gasteiger partial charge >= 0.3 is 0 Å². The van der Waals surface area contributed by atoms with Crippen LogP contribution < -0.4 is 0 Å². The molecule has 66 valence electrons. The van der Waals surface area contributed by atoms with Crippen LogP contribution in [0, 0.1) is 0 Å². The normalized spacial score (nSPS) is 18.9. The molecule has 0 saturated heterocycles. The molecule has 0 amide bonds. The second-order valence-corrected chi connectivity index (χ2v) is 2.21. The number of carbonyl (C=O) groups is 1. The number of hydrogen-bond donors (Lipinski definition) is 3. The predicted octanol–water partition coefficient (Wildman–Crippen LogP) is -1.37. The van der Waals surface area contributed by atoms with E-state index in [1.54, 1.807) is 0 Å². The molecule has 4 nitrogen and oxygen atoms in total. The SMILES string of the molecule is O=C[C@H]([18F])C[C@H](O)[C@H](O)CO. The molecule has 0 saturated carbocycles. The first kappa shape index (κ1) is 10.5. The molecule has 0 aromatic carbocycles. The first-order chi connectivity index (χ1) is 5.11. The summed E-state index contributed by atoms with van der Waals surface area (Å²) in [5, 5.41) is 25.8. The molecule has 0 aromatic heterocycles. The Kier molecular flexibility index (Phi) is 4.93. The quantitative estimate of drug-likeness (QED) is 0.439. The van der Waals surface area contributed by atoms with E-state index < -0.39 is 31.4 Å². The van der Waals surface area contributed by atoms with Gasteiger partial charge in [0, 0.05) is 6.42 Å². The Labute approximate surface area is 63.3 Å². The average Bonchev–Trinajstić information content (AvgIpc) is 2.02. The number of carbonyl (C=O) groups excluding carboxylic acids is 1. The lowest BCUT2D eigenvalue weighted by molar-refractivity contribution is -0.114. The highest BCUT2D eigenvalue weighted by Crippen LogP contribution is 2.03. The Hall–Kier alpha value is -0.520. The predicted molar refractivity (Wildman–Crippen MR) is 34.7 cm³/mol. The van der Waals surface area contributed by atoms with Crippen molar-refractivity contribution in [1.29, 1.82) is 0 Å². The van der Waals surface area contributed by atoms with Crippen molar-refractivity contribution in [2.24, 2.45) is 0 Å². The van der Waals surface area contributed by atoms with Crippen LogP contribution in [0.25, 0.3) is 0 Å². The minimum Gasteiger partial charge on any atom is -0.394 e. The van der Waals surface area contributed by atoms with Gasteiger partial charge < -0.3 is 20.1 Å². The summed E-state index contributed by atoms with van der Waals surface area (Å²) in [6.07, 6.45) is -5.00. The summed E-state index contributed by atoms with van der Waals surface area (Å²) < 4.78 is 12.2. The number of aliphatic hydroxyl groups excluding tert-OH is 3. The molecule has 0 aliphatic carbocycles. The number of alkyl halides is 1. The largest absolute Gasteiger partial charge is 0.394 e. The summed E-state index contributed by atoms with van der Waals surface area (Å²) in [6, 6.07) is 0. The van der Waals surface area contributed by atoms with Gasteiger partial charge in [0.2, 0.25) is 0 Å². The number of rotatable bonds is 5. The summed E-state index contributed by atoms with van der Waals surface area (Å²) in [5.74, 6) is 0. The Morgan fingerprint density at radius 2 is 1.91 bits per heavy atom. The molecule has 5 heteroatoms. The minimum absolute atomic E-state index is 0.0350. The highest BCUT2D eigenvalue weighted by atomic mass is 18.2. The van der Waals surface area contributed by atoms with Crippen LogP contribution in [0.1, 0.15) is 6.42 Å². The fourth-order valence-electron chi connectivity index (χ4n) is 0.565. The van der Waals surface area contributed by atoms with E-state index in [0.29, 0.717) is 0 Å². The van der Waals surface area contributed by atoms with E-state index in [1.165, 1.54) is 0 Å². The molecule has 0 spiro atoms. The van der Waals surface area contributed by atoms with E-state index in [1.807, 2.05) is 0 Å². The number of aldehydes is 1. The highest BCUT2D eigenvalue weighted by molar-refractivity contribution is 5.55. The molecule has 3 atom stereocenters. The molecule has 0 aliphatic heterocycles. The van der Waals surface area contributed by atoms with Crippen molar-refractivity contribution < 1.29 is 24.5 Å². The monoisotopic (exact) mass is 165 g/mol. The van der Waals surface area contributed by atoms with Crippen molar-refractivity contribution in [2.45, 2.75) is 24.8 Å². The van der Waals surface area contributed by atoms with Crippen molar-refractivity contribution in [3.63, 3.8) is 0 Å². The maximum absolute atomic E-state index is 12.2. The third-order valence-electron chi connectivity index (χ3n) is 1.25. The summed E-state index contributed by atoms with van der Waals surface area (Å²) in [4.78, 5) is 9.72. The maximum Gasteiger partial charge on any atom is 0.158 e. The number of aliphatic hydroxyl groups is 3. The van der Waals surface area contributed by atoms with Crippen LogP contribution in [0.2, 0.25) is 0 Å². The molecule has 0 aliphatic rings. The van der Waals surface area contributed by atoms with Crippen LogP contribution in [0.3, 0.4) is 0 Å². The fourth-order valence-corrected chi connectivity index (χ4v) is 0.565. The summed E-state index contributed by atoms with van der Waals surface area (Å²) in [6.45, 7) is -0.646. The highest BCUT2D eigenvalue weighted by Gasteiger charge is 2.19. The second kappa shape index (κ2) is 5.17. The number of hydrogen-bond acceptors (Lipinski definition) is 4. The molecule has 0 rings (SSSR count). The minimum atomic E-state index is -1.79. The van der Waals surface area contributed by atoms with Crippen LogP contribution in [0.15, 0.2) is 0 Å². The van der Waals surface area contributed by atoms with Gasteiger partial charge in [-0.3, -0.25) is 0 Å². The van der Waals surface area contributed by atoms with Gasteiger partial charge in [0.25, 0.3) is 0 Å². The molecule has 11 heavy (non-hydrogen) atoms. The summed E-state index contributed by atoms with van der Waals surface area (Å²) in [7, 11) is 0. The van der Waals surface area contributed by atoms with Crippen LogP contribution in [-0.4, -0.2) is 46.6 Å². The second-order valence-electron chi connectivity index (χ2n) is 2.21. The lowest BCUT2D eigenvalue weighted by atomic mass is 10.1. The maximum atomic E-state index is 12.2. The first-order valence-corrected chi connectivity index (χ1v) is 3.18. The molecule has 0 fully saturated rings. The van der Waals surface area contributed by atoms with Gasteiger partial charge in [0.05, 0.1) is 12.7 Å². The van der Waals surface area contributed by atoms with E-state index in [4.69, 9.17) is 15.3 Å². The summed E-state index contributed by atoms with van der Waals surface area (Å²) in [5.41, 5.74) is 0. The molecular weight excluding hydrogens is 154 g/mol. The van der Waals surface area contributed by atoms with E-state index >= 15 is 0 Å². The van der Waals surface area contributed by atoms with E-state index in [2.05, 4.69) is 0 Å². The van der Waals surface area contributed by atoms with E-state index in [0.717, 1.165) is 0 Å². The zero-order valence-electron chi connectivity index (χ0n) is 5.85. The van der Waals surface area contributed by atoms with Crippen molar-refractivity contribution in [2.75, 3.05) is 6.61 Å². The molecule has 0 aromatic rings. The van der Waals surface area contributed by atoms with Gasteiger partial charge in [0.15, 0.2) is 12.5 Å². The van der Waals surface area contributed by atoms with Gasteiger partial charge in [-0.25, -0.2) is 4.39 Å². The van der Waals surface area contributed by atoms with E-state index in [-0.39, 0.29) is 6.29 Å². The molecule has 0 unspecified atom stereocenters. The van der Waals surface area contributed by atoms with Crippen molar-refractivity contribution in [1.82, 2.24) is 0 Å². The van der Waals surface area contributed by atoms with Crippen LogP contribution >= 0.6 is 0 Å². The third-order valence-corrected chi connectivity index (χ3v) is 1.25. The topological polar surface area (TPSA) is 77.8 Å². The third kappa shape index (κ3) is 4.02. The van der Waals surface area contributed by atoms with Gasteiger partial charge in [-0.2, -0.15) is 0 Å². The van der Waals surface area contributed by atoms with Crippen molar-refractivity contribution in [3.05, 3.63) is 0 Å². The molecule has 0 radical (unpaired) electrons. The van der Waals surface area contributed by atoms with Gasteiger partial charge in [0.1, 0.15) is 6.10 Å². The van der Waals surface area contributed by atoms with Crippen LogP contribution in [0.5, 0.6) is 0 Å². The zero-order valence-corrected chi connectivity index (χ0v) is 5.85. The van der Waals surface area contributed by atoms with Crippen molar-refractivity contribution in [3.8, 4) is 0 Å². The smallest absolute Gasteiger partial charge is 0.158 e. The van der Waals surface area contributed by atoms with Crippen molar-refractivity contribution >= 4 is 6.29 Å². The Bertz CT molecular complexity index is 119. The molecule has 0 bridgehead atoms.